The van der Waals surface area contributed by atoms with Crippen LogP contribution in [0.4, 0.5) is 0 Å². The van der Waals surface area contributed by atoms with Gasteiger partial charge in [-0.1, -0.05) is 6.07 Å². The Bertz CT molecular complexity index is 252. The van der Waals surface area contributed by atoms with Gasteiger partial charge in [-0.15, -0.1) is 11.3 Å². The molecule has 11 heavy (non-hydrogen) atoms. The van der Waals surface area contributed by atoms with Crippen LogP contribution in [0.15, 0.2) is 17.5 Å². The standard InChI is InChI=1S/C7H7NO2S/c8-4-5(9)7(10)6-2-1-3-11-6/h1-3,5,7,9-10H. The average molecular weight is 169 g/mol. The zero-order valence-corrected chi connectivity index (χ0v) is 6.45. The number of hydrogen-bond donors (Lipinski definition) is 2. The van der Waals surface area contributed by atoms with Crippen molar-refractivity contribution in [3.63, 3.8) is 0 Å². The van der Waals surface area contributed by atoms with Gasteiger partial charge in [-0.25, -0.2) is 0 Å². The Morgan fingerprint density at radius 3 is 2.73 bits per heavy atom. The van der Waals surface area contributed by atoms with Gasteiger partial charge in [-0.3, -0.25) is 0 Å². The largest absolute Gasteiger partial charge is 0.384 e. The second kappa shape index (κ2) is 3.49. The van der Waals surface area contributed by atoms with Crippen LogP contribution >= 0.6 is 11.3 Å². The second-order valence-electron chi connectivity index (χ2n) is 2.03. The molecule has 0 saturated carbocycles. The van der Waals surface area contributed by atoms with Crippen molar-refractivity contribution in [1.82, 2.24) is 0 Å². The molecule has 0 aliphatic rings. The predicted molar refractivity (Wildman–Crippen MR) is 40.9 cm³/mol. The van der Waals surface area contributed by atoms with Crippen molar-refractivity contribution < 1.29 is 10.2 Å². The molecule has 2 unspecified atom stereocenters. The zero-order chi connectivity index (χ0) is 8.27. The molecule has 4 heteroatoms. The normalized spacial score (nSPS) is 15.4. The van der Waals surface area contributed by atoms with Crippen LogP contribution in [0.1, 0.15) is 11.0 Å². The molecule has 0 bridgehead atoms. The van der Waals surface area contributed by atoms with E-state index < -0.39 is 12.2 Å². The molecular formula is C7H7NO2S. The van der Waals surface area contributed by atoms with Crippen LogP contribution in [0.2, 0.25) is 0 Å². The van der Waals surface area contributed by atoms with Crippen molar-refractivity contribution in [3.8, 4) is 6.07 Å². The molecule has 1 heterocycles. The molecule has 0 radical (unpaired) electrons. The Morgan fingerprint density at radius 1 is 1.55 bits per heavy atom. The number of thiophene rings is 1. The first-order valence-electron chi connectivity index (χ1n) is 3.05. The van der Waals surface area contributed by atoms with Gasteiger partial charge >= 0.3 is 0 Å². The minimum absolute atomic E-state index is 0.610. The Labute approximate surface area is 68.1 Å². The van der Waals surface area contributed by atoms with E-state index in [1.807, 2.05) is 0 Å². The Hall–Kier alpha value is -0.890. The minimum Gasteiger partial charge on any atom is -0.384 e. The van der Waals surface area contributed by atoms with Gasteiger partial charge in [0.2, 0.25) is 0 Å². The predicted octanol–water partition coefficient (Wildman–Crippen LogP) is 0.666. The lowest BCUT2D eigenvalue weighted by Gasteiger charge is -2.07. The topological polar surface area (TPSA) is 64.2 Å². The second-order valence-corrected chi connectivity index (χ2v) is 3.01. The van der Waals surface area contributed by atoms with Gasteiger partial charge in [0, 0.05) is 4.88 Å². The van der Waals surface area contributed by atoms with Crippen LogP contribution in [0, 0.1) is 11.3 Å². The highest BCUT2D eigenvalue weighted by atomic mass is 32.1. The molecule has 0 aliphatic carbocycles. The number of nitriles is 1. The van der Waals surface area contributed by atoms with Crippen LogP contribution in [-0.4, -0.2) is 16.3 Å². The summed E-state index contributed by atoms with van der Waals surface area (Å²) in [6.45, 7) is 0. The van der Waals surface area contributed by atoms with E-state index >= 15 is 0 Å². The first kappa shape index (κ1) is 8.21. The molecule has 58 valence electrons. The Morgan fingerprint density at radius 2 is 2.27 bits per heavy atom. The smallest absolute Gasteiger partial charge is 0.171 e. The maximum absolute atomic E-state index is 9.22. The summed E-state index contributed by atoms with van der Waals surface area (Å²) in [5.74, 6) is 0. The lowest BCUT2D eigenvalue weighted by atomic mass is 10.2. The van der Waals surface area contributed by atoms with Crippen molar-refractivity contribution in [2.45, 2.75) is 12.2 Å². The van der Waals surface area contributed by atoms with E-state index in [-0.39, 0.29) is 0 Å². The van der Waals surface area contributed by atoms with E-state index in [2.05, 4.69) is 0 Å². The van der Waals surface area contributed by atoms with Gasteiger partial charge in [-0.2, -0.15) is 5.26 Å². The Balaban J connectivity index is 2.71. The van der Waals surface area contributed by atoms with Crippen LogP contribution < -0.4 is 0 Å². The fraction of sp³-hybridized carbons (Fsp3) is 0.286. The van der Waals surface area contributed by atoms with Crippen LogP contribution in [0.3, 0.4) is 0 Å². The van der Waals surface area contributed by atoms with Crippen molar-refractivity contribution in [2.75, 3.05) is 0 Å². The molecular weight excluding hydrogens is 162 g/mol. The molecule has 0 fully saturated rings. The summed E-state index contributed by atoms with van der Waals surface area (Å²) in [5, 5.41) is 28.1. The van der Waals surface area contributed by atoms with E-state index in [0.29, 0.717) is 4.88 Å². The maximum Gasteiger partial charge on any atom is 0.171 e. The van der Waals surface area contributed by atoms with Gasteiger partial charge in [0.25, 0.3) is 0 Å². The van der Waals surface area contributed by atoms with E-state index in [0.717, 1.165) is 0 Å². The van der Waals surface area contributed by atoms with Gasteiger partial charge < -0.3 is 10.2 Å². The van der Waals surface area contributed by atoms with Crippen molar-refractivity contribution in [1.29, 1.82) is 5.26 Å². The quantitative estimate of drug-likeness (QED) is 0.639. The minimum atomic E-state index is -1.33. The third-order valence-corrected chi connectivity index (χ3v) is 2.21. The summed E-state index contributed by atoms with van der Waals surface area (Å²) in [7, 11) is 0. The third kappa shape index (κ3) is 1.77. The molecule has 1 rings (SSSR count). The van der Waals surface area contributed by atoms with Gasteiger partial charge in [0.05, 0.1) is 6.07 Å². The summed E-state index contributed by atoms with van der Waals surface area (Å²) in [4.78, 5) is 0.610. The summed E-state index contributed by atoms with van der Waals surface area (Å²) in [6, 6.07) is 5.00. The molecule has 1 aromatic rings. The molecule has 1 aromatic heterocycles. The zero-order valence-electron chi connectivity index (χ0n) is 5.64. The monoisotopic (exact) mass is 169 g/mol. The molecule has 0 aromatic carbocycles. The first-order valence-corrected chi connectivity index (χ1v) is 3.93. The SMILES string of the molecule is N#CC(O)C(O)c1cccs1. The lowest BCUT2D eigenvalue weighted by molar-refractivity contribution is 0.0552. The van der Waals surface area contributed by atoms with Crippen molar-refractivity contribution in [2.24, 2.45) is 0 Å². The van der Waals surface area contributed by atoms with E-state index in [4.69, 9.17) is 10.4 Å². The fourth-order valence-electron chi connectivity index (χ4n) is 0.686. The van der Waals surface area contributed by atoms with Crippen LogP contribution in [0.25, 0.3) is 0 Å². The average Bonchev–Trinajstić information content (AvgIpc) is 2.53. The van der Waals surface area contributed by atoms with Crippen LogP contribution in [-0.2, 0) is 0 Å². The summed E-state index contributed by atoms with van der Waals surface area (Å²) in [6.07, 6.45) is -2.39. The van der Waals surface area contributed by atoms with Gasteiger partial charge in [0.15, 0.2) is 6.10 Å². The van der Waals surface area contributed by atoms with Crippen molar-refractivity contribution in [3.05, 3.63) is 22.4 Å². The maximum atomic E-state index is 9.22. The van der Waals surface area contributed by atoms with E-state index in [9.17, 15) is 5.11 Å². The number of aliphatic hydroxyl groups is 2. The Kier molecular flexibility index (Phi) is 2.60. The highest BCUT2D eigenvalue weighted by molar-refractivity contribution is 7.10. The number of rotatable bonds is 2. The fourth-order valence-corrected chi connectivity index (χ4v) is 1.43. The van der Waals surface area contributed by atoms with E-state index in [1.54, 1.807) is 23.6 Å². The number of aliphatic hydroxyl groups excluding tert-OH is 2. The first-order chi connectivity index (χ1) is 5.25. The van der Waals surface area contributed by atoms with Gasteiger partial charge in [-0.05, 0) is 11.4 Å². The molecule has 2 N–H and O–H groups in total. The molecule has 0 spiro atoms. The van der Waals surface area contributed by atoms with Crippen molar-refractivity contribution >= 4 is 11.3 Å². The molecule has 0 aliphatic heterocycles. The lowest BCUT2D eigenvalue weighted by Crippen LogP contribution is -2.14. The summed E-state index contributed by atoms with van der Waals surface area (Å²) < 4.78 is 0. The highest BCUT2D eigenvalue weighted by Gasteiger charge is 2.17. The van der Waals surface area contributed by atoms with Crippen LogP contribution in [0.5, 0.6) is 0 Å². The highest BCUT2D eigenvalue weighted by Crippen LogP contribution is 2.21. The van der Waals surface area contributed by atoms with E-state index in [1.165, 1.54) is 11.3 Å². The molecule has 0 saturated heterocycles. The molecule has 0 amide bonds. The summed E-state index contributed by atoms with van der Waals surface area (Å²) >= 11 is 1.31. The summed E-state index contributed by atoms with van der Waals surface area (Å²) in [5.41, 5.74) is 0. The molecule has 3 nitrogen and oxygen atoms in total. The number of nitrogens with zero attached hydrogens (tertiary/aromatic N) is 1. The molecule has 2 atom stereocenters. The third-order valence-electron chi connectivity index (χ3n) is 1.27. The number of hydrogen-bond acceptors (Lipinski definition) is 4. The van der Waals surface area contributed by atoms with Gasteiger partial charge in [0.1, 0.15) is 6.10 Å².